The fraction of sp³-hybridized carbons (Fsp3) is 0.643. The number of rotatable bonds is 7. The van der Waals surface area contributed by atoms with E-state index in [1.54, 1.807) is 4.90 Å². The molecular formula is C14H20N2O8. The molecule has 0 aliphatic carbocycles. The predicted molar refractivity (Wildman–Crippen MR) is 77.8 cm³/mol. The third-order valence-electron chi connectivity index (χ3n) is 3.20. The second-order valence-electron chi connectivity index (χ2n) is 5.22. The van der Waals surface area contributed by atoms with Crippen LogP contribution in [-0.4, -0.2) is 67.8 Å². The monoisotopic (exact) mass is 344 g/mol. The van der Waals surface area contributed by atoms with Crippen LogP contribution in [0.2, 0.25) is 0 Å². The highest BCUT2D eigenvalue weighted by Crippen LogP contribution is 2.15. The minimum atomic E-state index is -2.74. The van der Waals surface area contributed by atoms with E-state index in [9.17, 15) is 19.2 Å². The van der Waals surface area contributed by atoms with Crippen molar-refractivity contribution in [3.05, 3.63) is 0 Å². The highest BCUT2D eigenvalue weighted by atomic mass is 16.4. The number of aliphatic hydroxyl groups is 1. The SMILES string of the molecule is N#CCCN1CCCCC1=O.O=C(O)CC(O)(CC(=O)O)C(=O)O. The van der Waals surface area contributed by atoms with E-state index < -0.39 is 36.4 Å². The quantitative estimate of drug-likeness (QED) is 0.481. The zero-order valence-corrected chi connectivity index (χ0v) is 13.0. The maximum Gasteiger partial charge on any atom is 0.336 e. The molecule has 1 aliphatic rings. The van der Waals surface area contributed by atoms with Crippen LogP contribution in [0.1, 0.15) is 38.5 Å². The van der Waals surface area contributed by atoms with Gasteiger partial charge in [0.15, 0.2) is 5.60 Å². The normalized spacial score (nSPS) is 14.2. The molecule has 0 unspecified atom stereocenters. The molecule has 0 bridgehead atoms. The van der Waals surface area contributed by atoms with Gasteiger partial charge in [-0.2, -0.15) is 5.26 Å². The number of carbonyl (C=O) groups is 4. The standard InChI is InChI=1S/C8H12N2O.C6H8O7/c9-5-3-7-10-6-2-1-4-8(10)11;7-3(8)1-6(13,5(11)12)2-4(9)10/h1-4,6-7H2;13H,1-2H2,(H,7,8)(H,9,10)(H,11,12). The molecule has 0 aromatic heterocycles. The molecule has 0 saturated carbocycles. The van der Waals surface area contributed by atoms with Gasteiger partial charge in [-0.1, -0.05) is 0 Å². The van der Waals surface area contributed by atoms with E-state index >= 15 is 0 Å². The Kier molecular flexibility index (Phi) is 9.04. The van der Waals surface area contributed by atoms with Gasteiger partial charge in [0.1, 0.15) is 0 Å². The number of aliphatic carboxylic acids is 3. The maximum atomic E-state index is 11.1. The van der Waals surface area contributed by atoms with Crippen LogP contribution in [0, 0.1) is 11.3 Å². The molecule has 0 spiro atoms. The van der Waals surface area contributed by atoms with E-state index in [1.165, 1.54) is 0 Å². The molecular weight excluding hydrogens is 324 g/mol. The van der Waals surface area contributed by atoms with Crippen molar-refractivity contribution < 1.29 is 39.6 Å². The van der Waals surface area contributed by atoms with E-state index in [1.807, 2.05) is 6.07 Å². The van der Waals surface area contributed by atoms with Gasteiger partial charge >= 0.3 is 17.9 Å². The van der Waals surface area contributed by atoms with Gasteiger partial charge in [-0.3, -0.25) is 14.4 Å². The molecule has 1 rings (SSSR count). The number of nitrogens with zero attached hydrogens (tertiary/aromatic N) is 2. The molecule has 0 aromatic carbocycles. The summed E-state index contributed by atoms with van der Waals surface area (Å²) < 4.78 is 0. The number of nitriles is 1. The summed E-state index contributed by atoms with van der Waals surface area (Å²) in [6.45, 7) is 1.47. The Morgan fingerprint density at radius 3 is 2.04 bits per heavy atom. The van der Waals surface area contributed by atoms with Gasteiger partial charge in [0.2, 0.25) is 5.91 Å². The van der Waals surface area contributed by atoms with E-state index in [4.69, 9.17) is 25.7 Å². The number of hydrogen-bond donors (Lipinski definition) is 4. The molecule has 4 N–H and O–H groups in total. The van der Waals surface area contributed by atoms with Crippen molar-refractivity contribution >= 4 is 23.8 Å². The lowest BCUT2D eigenvalue weighted by Crippen LogP contribution is -2.42. The summed E-state index contributed by atoms with van der Waals surface area (Å²) in [7, 11) is 0. The molecule has 0 aromatic rings. The van der Waals surface area contributed by atoms with E-state index in [2.05, 4.69) is 0 Å². The Morgan fingerprint density at radius 2 is 1.67 bits per heavy atom. The summed E-state index contributed by atoms with van der Waals surface area (Å²) in [5, 5.41) is 42.1. The topological polar surface area (TPSA) is 176 Å². The lowest BCUT2D eigenvalue weighted by atomic mass is 9.96. The molecule has 10 heteroatoms. The van der Waals surface area contributed by atoms with Crippen LogP contribution in [0.3, 0.4) is 0 Å². The summed E-state index contributed by atoms with van der Waals surface area (Å²) in [5.41, 5.74) is -2.74. The lowest BCUT2D eigenvalue weighted by molar-refractivity contribution is -0.170. The van der Waals surface area contributed by atoms with E-state index in [0.29, 0.717) is 19.4 Å². The van der Waals surface area contributed by atoms with Gasteiger partial charge in [0.05, 0.1) is 25.3 Å². The van der Waals surface area contributed by atoms with E-state index in [-0.39, 0.29) is 5.91 Å². The second-order valence-corrected chi connectivity index (χ2v) is 5.22. The number of hydrogen-bond acceptors (Lipinski definition) is 6. The van der Waals surface area contributed by atoms with Crippen molar-refractivity contribution in [1.82, 2.24) is 4.90 Å². The van der Waals surface area contributed by atoms with Crippen LogP contribution in [0.4, 0.5) is 0 Å². The fourth-order valence-electron chi connectivity index (χ4n) is 2.00. The molecule has 1 aliphatic heterocycles. The number of carboxylic acid groups (broad SMARTS) is 3. The number of carboxylic acids is 3. The summed E-state index contributed by atoms with van der Waals surface area (Å²) in [6, 6.07) is 2.04. The molecule has 24 heavy (non-hydrogen) atoms. The Morgan fingerprint density at radius 1 is 1.12 bits per heavy atom. The van der Waals surface area contributed by atoms with Crippen LogP contribution >= 0.6 is 0 Å². The van der Waals surface area contributed by atoms with Crippen molar-refractivity contribution in [2.75, 3.05) is 13.1 Å². The Labute approximate surface area is 137 Å². The molecule has 1 fully saturated rings. The third-order valence-corrected chi connectivity index (χ3v) is 3.20. The van der Waals surface area contributed by atoms with Gasteiger partial charge < -0.3 is 25.3 Å². The molecule has 1 amide bonds. The first-order valence-electron chi connectivity index (χ1n) is 7.16. The Hall–Kier alpha value is -2.67. The van der Waals surface area contributed by atoms with Crippen LogP contribution in [-0.2, 0) is 19.2 Å². The van der Waals surface area contributed by atoms with Gasteiger partial charge in [-0.25, -0.2) is 4.79 Å². The van der Waals surface area contributed by atoms with Gasteiger partial charge in [0.25, 0.3) is 0 Å². The molecule has 10 nitrogen and oxygen atoms in total. The number of amides is 1. The molecule has 0 atom stereocenters. The smallest absolute Gasteiger partial charge is 0.336 e. The van der Waals surface area contributed by atoms with Crippen molar-refractivity contribution in [2.24, 2.45) is 0 Å². The third kappa shape index (κ3) is 8.09. The maximum absolute atomic E-state index is 11.1. The largest absolute Gasteiger partial charge is 0.481 e. The van der Waals surface area contributed by atoms with E-state index in [0.717, 1.165) is 19.4 Å². The minimum absolute atomic E-state index is 0.214. The molecule has 0 radical (unpaired) electrons. The van der Waals surface area contributed by atoms with Crippen LogP contribution < -0.4 is 0 Å². The average molecular weight is 344 g/mol. The highest BCUT2D eigenvalue weighted by molar-refractivity contribution is 5.88. The highest BCUT2D eigenvalue weighted by Gasteiger charge is 2.40. The molecule has 134 valence electrons. The van der Waals surface area contributed by atoms with Crippen molar-refractivity contribution in [3.8, 4) is 6.07 Å². The summed E-state index contributed by atoms with van der Waals surface area (Å²) >= 11 is 0. The summed E-state index contributed by atoms with van der Waals surface area (Å²) in [5.74, 6) is -4.80. The predicted octanol–water partition coefficient (Wildman–Crippen LogP) is -0.336. The van der Waals surface area contributed by atoms with Crippen molar-refractivity contribution in [1.29, 1.82) is 5.26 Å². The van der Waals surface area contributed by atoms with Crippen LogP contribution in [0.5, 0.6) is 0 Å². The lowest BCUT2D eigenvalue weighted by Gasteiger charge is -2.25. The zero-order chi connectivity index (χ0) is 18.8. The van der Waals surface area contributed by atoms with Crippen molar-refractivity contribution in [2.45, 2.75) is 44.1 Å². The van der Waals surface area contributed by atoms with Gasteiger partial charge in [0, 0.05) is 19.5 Å². The molecule has 1 heterocycles. The summed E-state index contributed by atoms with van der Waals surface area (Å²) in [4.78, 5) is 43.4. The first kappa shape index (κ1) is 21.3. The fourth-order valence-corrected chi connectivity index (χ4v) is 2.00. The Balaban J connectivity index is 0.000000446. The van der Waals surface area contributed by atoms with Crippen LogP contribution in [0.25, 0.3) is 0 Å². The average Bonchev–Trinajstić information content (AvgIpc) is 2.45. The number of piperidine rings is 1. The molecule has 1 saturated heterocycles. The van der Waals surface area contributed by atoms with Gasteiger partial charge in [-0.15, -0.1) is 0 Å². The van der Waals surface area contributed by atoms with Gasteiger partial charge in [-0.05, 0) is 12.8 Å². The Bertz CT molecular complexity index is 509. The van der Waals surface area contributed by atoms with Crippen molar-refractivity contribution in [3.63, 3.8) is 0 Å². The number of likely N-dealkylation sites (tertiary alicyclic amines) is 1. The summed E-state index contributed by atoms with van der Waals surface area (Å²) in [6.07, 6.45) is 0.958. The minimum Gasteiger partial charge on any atom is -0.481 e. The van der Waals surface area contributed by atoms with Crippen LogP contribution in [0.15, 0.2) is 0 Å². The second kappa shape index (κ2) is 10.2. The first-order valence-corrected chi connectivity index (χ1v) is 7.16. The number of carbonyl (C=O) groups excluding carboxylic acids is 1. The zero-order valence-electron chi connectivity index (χ0n) is 13.0. The first-order chi connectivity index (χ1) is 11.1.